The maximum atomic E-state index is 6.16. The van der Waals surface area contributed by atoms with E-state index in [4.69, 9.17) is 4.74 Å². The average Bonchev–Trinajstić information content (AvgIpc) is 2.46. The highest BCUT2D eigenvalue weighted by molar-refractivity contribution is 9.10. The first-order chi connectivity index (χ1) is 9.65. The third kappa shape index (κ3) is 4.06. The van der Waals surface area contributed by atoms with Gasteiger partial charge in [0.25, 0.3) is 0 Å². The Hall–Kier alpha value is -0.380. The quantitative estimate of drug-likeness (QED) is 0.833. The van der Waals surface area contributed by atoms with Gasteiger partial charge in [0.05, 0.1) is 5.60 Å². The molecule has 1 fully saturated rings. The van der Waals surface area contributed by atoms with Gasteiger partial charge < -0.3 is 10.1 Å². The number of hydrogen-bond acceptors (Lipinski definition) is 2. The van der Waals surface area contributed by atoms with Crippen LogP contribution < -0.4 is 5.32 Å². The van der Waals surface area contributed by atoms with E-state index < -0.39 is 0 Å². The minimum Gasteiger partial charge on any atom is -0.374 e. The minimum atomic E-state index is -0.0390. The number of rotatable bonds is 6. The third-order valence-electron chi connectivity index (χ3n) is 4.26. The van der Waals surface area contributed by atoms with Gasteiger partial charge in [-0.3, -0.25) is 0 Å². The number of nitrogens with one attached hydrogen (secondary N) is 1. The van der Waals surface area contributed by atoms with Crippen LogP contribution in [0.5, 0.6) is 0 Å². The standard InChI is InChI=1S/C17H26BrNO/c1-3-11-19-16(17(2)10-6-7-12-20-17)13-14-8-4-5-9-15(14)18/h4-5,8-9,16,19H,3,6-7,10-13H2,1-2H3. The first-order valence-electron chi connectivity index (χ1n) is 7.76. The van der Waals surface area contributed by atoms with E-state index in [9.17, 15) is 0 Å². The van der Waals surface area contributed by atoms with Gasteiger partial charge >= 0.3 is 0 Å². The Morgan fingerprint density at radius 3 is 2.80 bits per heavy atom. The van der Waals surface area contributed by atoms with Gasteiger partial charge in [-0.25, -0.2) is 0 Å². The fourth-order valence-electron chi connectivity index (χ4n) is 2.94. The second-order valence-electron chi connectivity index (χ2n) is 5.92. The molecule has 1 aliphatic rings. The summed E-state index contributed by atoms with van der Waals surface area (Å²) in [4.78, 5) is 0. The SMILES string of the molecule is CCCNC(Cc1ccccc1Br)C1(C)CCCCO1. The van der Waals surface area contributed by atoms with E-state index in [1.807, 2.05) is 0 Å². The maximum absolute atomic E-state index is 6.16. The predicted molar refractivity (Wildman–Crippen MR) is 88.1 cm³/mol. The fourth-order valence-corrected chi connectivity index (χ4v) is 3.38. The van der Waals surface area contributed by atoms with Crippen LogP contribution in [0.4, 0.5) is 0 Å². The van der Waals surface area contributed by atoms with Crippen molar-refractivity contribution in [2.45, 2.75) is 57.6 Å². The largest absolute Gasteiger partial charge is 0.374 e. The topological polar surface area (TPSA) is 21.3 Å². The van der Waals surface area contributed by atoms with Crippen LogP contribution in [0.3, 0.4) is 0 Å². The van der Waals surface area contributed by atoms with Gasteiger partial charge in [0, 0.05) is 17.1 Å². The zero-order valence-electron chi connectivity index (χ0n) is 12.6. The molecule has 2 nitrogen and oxygen atoms in total. The lowest BCUT2D eigenvalue weighted by Gasteiger charge is -2.41. The molecule has 2 atom stereocenters. The zero-order chi connectivity index (χ0) is 14.4. The van der Waals surface area contributed by atoms with E-state index in [1.165, 1.54) is 22.9 Å². The molecular weight excluding hydrogens is 314 g/mol. The maximum Gasteiger partial charge on any atom is 0.0810 e. The van der Waals surface area contributed by atoms with Gasteiger partial charge in [-0.05, 0) is 57.2 Å². The molecule has 2 rings (SSSR count). The lowest BCUT2D eigenvalue weighted by Crippen LogP contribution is -2.53. The highest BCUT2D eigenvalue weighted by atomic mass is 79.9. The molecule has 20 heavy (non-hydrogen) atoms. The van der Waals surface area contributed by atoms with Crippen LogP contribution in [0, 0.1) is 0 Å². The molecule has 2 unspecified atom stereocenters. The highest BCUT2D eigenvalue weighted by Crippen LogP contribution is 2.31. The van der Waals surface area contributed by atoms with Crippen LogP contribution in [-0.4, -0.2) is 24.8 Å². The van der Waals surface area contributed by atoms with Gasteiger partial charge in [-0.1, -0.05) is 41.1 Å². The fraction of sp³-hybridized carbons (Fsp3) is 0.647. The molecule has 0 spiro atoms. The molecule has 1 heterocycles. The lowest BCUT2D eigenvalue weighted by molar-refractivity contribution is -0.0883. The second-order valence-corrected chi connectivity index (χ2v) is 6.77. The number of ether oxygens (including phenoxy) is 1. The number of halogens is 1. The van der Waals surface area contributed by atoms with Crippen LogP contribution in [0.2, 0.25) is 0 Å². The van der Waals surface area contributed by atoms with Crippen molar-refractivity contribution in [3.8, 4) is 0 Å². The predicted octanol–water partition coefficient (Wildman–Crippen LogP) is 4.32. The highest BCUT2D eigenvalue weighted by Gasteiger charge is 2.36. The molecule has 1 aromatic carbocycles. The molecule has 1 saturated heterocycles. The summed E-state index contributed by atoms with van der Waals surface area (Å²) >= 11 is 3.67. The Morgan fingerprint density at radius 1 is 1.35 bits per heavy atom. The van der Waals surface area contributed by atoms with E-state index in [1.54, 1.807) is 0 Å². The van der Waals surface area contributed by atoms with Gasteiger partial charge in [0.1, 0.15) is 0 Å². The van der Waals surface area contributed by atoms with Crippen molar-refractivity contribution in [1.29, 1.82) is 0 Å². The van der Waals surface area contributed by atoms with Crippen LogP contribution in [0.15, 0.2) is 28.7 Å². The molecule has 0 aliphatic carbocycles. The van der Waals surface area contributed by atoms with Crippen LogP contribution in [-0.2, 0) is 11.2 Å². The van der Waals surface area contributed by atoms with E-state index in [2.05, 4.69) is 59.4 Å². The number of benzene rings is 1. The molecule has 3 heteroatoms. The summed E-state index contributed by atoms with van der Waals surface area (Å²) < 4.78 is 7.36. The molecule has 0 bridgehead atoms. The first kappa shape index (κ1) is 16.0. The molecule has 1 aromatic rings. The molecule has 0 amide bonds. The molecule has 0 radical (unpaired) electrons. The average molecular weight is 340 g/mol. The molecule has 0 aromatic heterocycles. The zero-order valence-corrected chi connectivity index (χ0v) is 14.2. The Morgan fingerprint density at radius 2 is 2.15 bits per heavy atom. The van der Waals surface area contributed by atoms with Gasteiger partial charge in [-0.15, -0.1) is 0 Å². The Balaban J connectivity index is 2.12. The van der Waals surface area contributed by atoms with Crippen LogP contribution in [0.1, 0.15) is 45.1 Å². The van der Waals surface area contributed by atoms with E-state index >= 15 is 0 Å². The molecular formula is C17H26BrNO. The first-order valence-corrected chi connectivity index (χ1v) is 8.56. The van der Waals surface area contributed by atoms with E-state index in [0.717, 1.165) is 32.4 Å². The summed E-state index contributed by atoms with van der Waals surface area (Å²) in [6.07, 6.45) is 5.79. The summed E-state index contributed by atoms with van der Waals surface area (Å²) in [5.41, 5.74) is 1.32. The van der Waals surface area contributed by atoms with Gasteiger partial charge in [-0.2, -0.15) is 0 Å². The Bertz CT molecular complexity index is 415. The molecule has 1 aliphatic heterocycles. The van der Waals surface area contributed by atoms with Crippen molar-refractivity contribution >= 4 is 15.9 Å². The normalized spacial score (nSPS) is 24.6. The molecule has 0 saturated carbocycles. The van der Waals surface area contributed by atoms with E-state index in [-0.39, 0.29) is 5.60 Å². The minimum absolute atomic E-state index is 0.0390. The third-order valence-corrected chi connectivity index (χ3v) is 5.03. The Labute approximate surface area is 131 Å². The van der Waals surface area contributed by atoms with Crippen molar-refractivity contribution in [3.63, 3.8) is 0 Å². The summed E-state index contributed by atoms with van der Waals surface area (Å²) in [6, 6.07) is 8.89. The summed E-state index contributed by atoms with van der Waals surface area (Å²) in [5.74, 6) is 0. The van der Waals surface area contributed by atoms with Crippen molar-refractivity contribution < 1.29 is 4.74 Å². The second kappa shape index (κ2) is 7.58. The summed E-state index contributed by atoms with van der Waals surface area (Å²) in [5, 5.41) is 3.71. The number of hydrogen-bond donors (Lipinski definition) is 1. The lowest BCUT2D eigenvalue weighted by atomic mass is 9.84. The van der Waals surface area contributed by atoms with Gasteiger partial charge in [0.2, 0.25) is 0 Å². The Kier molecular flexibility index (Phi) is 6.06. The van der Waals surface area contributed by atoms with Gasteiger partial charge in [0.15, 0.2) is 0 Å². The molecule has 1 N–H and O–H groups in total. The van der Waals surface area contributed by atoms with Crippen molar-refractivity contribution in [3.05, 3.63) is 34.3 Å². The van der Waals surface area contributed by atoms with Crippen LogP contribution in [0.25, 0.3) is 0 Å². The van der Waals surface area contributed by atoms with Crippen LogP contribution >= 0.6 is 15.9 Å². The molecule has 112 valence electrons. The summed E-state index contributed by atoms with van der Waals surface area (Å²) in [7, 11) is 0. The van der Waals surface area contributed by atoms with Crippen molar-refractivity contribution in [2.24, 2.45) is 0 Å². The smallest absolute Gasteiger partial charge is 0.0810 e. The summed E-state index contributed by atoms with van der Waals surface area (Å²) in [6.45, 7) is 6.44. The van der Waals surface area contributed by atoms with Crippen molar-refractivity contribution in [2.75, 3.05) is 13.2 Å². The van der Waals surface area contributed by atoms with E-state index in [0.29, 0.717) is 6.04 Å². The van der Waals surface area contributed by atoms with Crippen molar-refractivity contribution in [1.82, 2.24) is 5.32 Å². The monoisotopic (exact) mass is 339 g/mol.